The average molecular weight is 265 g/mol. The van der Waals surface area contributed by atoms with E-state index in [1.54, 1.807) is 4.90 Å². The van der Waals surface area contributed by atoms with E-state index in [2.05, 4.69) is 10.5 Å². The number of rotatable bonds is 3. The number of nitrogens with zero attached hydrogens (tertiary/aromatic N) is 2. The first-order chi connectivity index (χ1) is 8.91. The van der Waals surface area contributed by atoms with E-state index >= 15 is 0 Å². The summed E-state index contributed by atoms with van der Waals surface area (Å²) in [5.74, 6) is 0.586. The lowest BCUT2D eigenvalue weighted by Gasteiger charge is -2.37. The number of hydrogen-bond acceptors (Lipinski definition) is 4. The molecule has 6 nitrogen and oxygen atoms in total. The first-order valence-corrected chi connectivity index (χ1v) is 6.40. The molecule has 0 spiro atoms. The van der Waals surface area contributed by atoms with E-state index in [1.165, 1.54) is 0 Å². The van der Waals surface area contributed by atoms with E-state index in [0.29, 0.717) is 12.3 Å². The zero-order valence-electron chi connectivity index (χ0n) is 11.7. The van der Waals surface area contributed by atoms with Gasteiger partial charge in [0.15, 0.2) is 0 Å². The molecule has 2 rings (SSSR count). The van der Waals surface area contributed by atoms with Gasteiger partial charge in [0.05, 0.1) is 18.8 Å². The number of piperazine rings is 1. The molecule has 1 aromatic rings. The van der Waals surface area contributed by atoms with Crippen LogP contribution in [0.1, 0.15) is 30.9 Å². The number of hydrogen-bond donors (Lipinski definition) is 1. The van der Waals surface area contributed by atoms with Crippen LogP contribution in [-0.2, 0) is 16.1 Å². The number of aromatic nitrogens is 1. The maximum Gasteiger partial charge on any atom is 0.243 e. The second-order valence-corrected chi connectivity index (χ2v) is 5.23. The maximum atomic E-state index is 12.1. The summed E-state index contributed by atoms with van der Waals surface area (Å²) in [6.07, 6.45) is 0. The largest absolute Gasteiger partial charge is 0.361 e. The van der Waals surface area contributed by atoms with Gasteiger partial charge < -0.3 is 14.7 Å². The van der Waals surface area contributed by atoms with E-state index < -0.39 is 6.04 Å². The van der Waals surface area contributed by atoms with Crippen LogP contribution in [0.4, 0.5) is 0 Å². The van der Waals surface area contributed by atoms with Gasteiger partial charge >= 0.3 is 0 Å². The van der Waals surface area contributed by atoms with Gasteiger partial charge in [-0.1, -0.05) is 19.0 Å². The van der Waals surface area contributed by atoms with Crippen LogP contribution in [0.3, 0.4) is 0 Å². The van der Waals surface area contributed by atoms with Gasteiger partial charge in [0.1, 0.15) is 11.8 Å². The molecular formula is C13H19N3O3. The summed E-state index contributed by atoms with van der Waals surface area (Å²) in [6.45, 7) is 7.95. The molecule has 0 bridgehead atoms. The Morgan fingerprint density at radius 3 is 2.63 bits per heavy atom. The number of carbonyl (C=O) groups excluding carboxylic acids is 2. The molecular weight excluding hydrogens is 246 g/mol. The molecule has 0 aromatic carbocycles. The predicted molar refractivity (Wildman–Crippen MR) is 68.2 cm³/mol. The summed E-state index contributed by atoms with van der Waals surface area (Å²) in [7, 11) is 0. The third kappa shape index (κ3) is 2.47. The molecule has 0 saturated carbocycles. The first kappa shape index (κ1) is 13.6. The van der Waals surface area contributed by atoms with E-state index in [0.717, 1.165) is 11.3 Å². The number of aryl methyl sites for hydroxylation is 2. The van der Waals surface area contributed by atoms with Crippen molar-refractivity contribution in [3.63, 3.8) is 0 Å². The quantitative estimate of drug-likeness (QED) is 0.876. The molecule has 1 aromatic heterocycles. The molecule has 1 atom stereocenters. The van der Waals surface area contributed by atoms with Crippen LogP contribution in [-0.4, -0.2) is 34.5 Å². The monoisotopic (exact) mass is 265 g/mol. The molecule has 2 amide bonds. The Labute approximate surface area is 112 Å². The van der Waals surface area contributed by atoms with E-state index in [-0.39, 0.29) is 24.3 Å². The van der Waals surface area contributed by atoms with Gasteiger partial charge in [0, 0.05) is 5.56 Å². The first-order valence-electron chi connectivity index (χ1n) is 6.40. The van der Waals surface area contributed by atoms with Crippen molar-refractivity contribution < 1.29 is 14.1 Å². The minimum absolute atomic E-state index is 0.0599. The van der Waals surface area contributed by atoms with Crippen LogP contribution in [0.2, 0.25) is 0 Å². The molecule has 0 aliphatic carbocycles. The molecule has 2 heterocycles. The van der Waals surface area contributed by atoms with E-state index in [4.69, 9.17) is 4.52 Å². The fourth-order valence-corrected chi connectivity index (χ4v) is 2.41. The molecule has 19 heavy (non-hydrogen) atoms. The van der Waals surface area contributed by atoms with Crippen LogP contribution in [0.25, 0.3) is 0 Å². The van der Waals surface area contributed by atoms with Crippen LogP contribution in [0.15, 0.2) is 4.52 Å². The molecule has 0 radical (unpaired) electrons. The SMILES string of the molecule is Cc1noc(C)c1CN1C(=O)CNC(=O)C1C(C)C. The summed E-state index contributed by atoms with van der Waals surface area (Å²) < 4.78 is 5.11. The number of nitrogens with one attached hydrogen (secondary N) is 1. The Kier molecular flexibility index (Phi) is 3.59. The highest BCUT2D eigenvalue weighted by Gasteiger charge is 2.37. The lowest BCUT2D eigenvalue weighted by molar-refractivity contribution is -0.148. The summed E-state index contributed by atoms with van der Waals surface area (Å²) in [5, 5.41) is 6.51. The van der Waals surface area contributed by atoms with E-state index in [1.807, 2.05) is 27.7 Å². The van der Waals surface area contributed by atoms with Crippen LogP contribution in [0, 0.1) is 19.8 Å². The Hall–Kier alpha value is -1.85. The van der Waals surface area contributed by atoms with Crippen LogP contribution in [0.5, 0.6) is 0 Å². The van der Waals surface area contributed by atoms with Crippen LogP contribution >= 0.6 is 0 Å². The van der Waals surface area contributed by atoms with Gasteiger partial charge in [-0.15, -0.1) is 0 Å². The minimum atomic E-state index is -0.435. The lowest BCUT2D eigenvalue weighted by atomic mass is 9.98. The Morgan fingerprint density at radius 1 is 1.42 bits per heavy atom. The second kappa shape index (κ2) is 5.03. The Morgan fingerprint density at radius 2 is 2.11 bits per heavy atom. The fourth-order valence-electron chi connectivity index (χ4n) is 2.41. The molecule has 1 aliphatic heterocycles. The minimum Gasteiger partial charge on any atom is -0.361 e. The third-order valence-electron chi connectivity index (χ3n) is 3.48. The van der Waals surface area contributed by atoms with Gasteiger partial charge in [-0.25, -0.2) is 0 Å². The van der Waals surface area contributed by atoms with Gasteiger partial charge in [0.25, 0.3) is 0 Å². The molecule has 104 valence electrons. The lowest BCUT2D eigenvalue weighted by Crippen LogP contribution is -2.59. The molecule has 1 N–H and O–H groups in total. The highest BCUT2D eigenvalue weighted by Crippen LogP contribution is 2.21. The van der Waals surface area contributed by atoms with Crippen molar-refractivity contribution in [3.05, 3.63) is 17.0 Å². The molecule has 1 aliphatic rings. The van der Waals surface area contributed by atoms with Crippen molar-refractivity contribution in [2.45, 2.75) is 40.3 Å². The standard InChI is InChI=1S/C13H19N3O3/c1-7(2)12-13(18)14-5-11(17)16(12)6-10-8(3)15-19-9(10)4/h7,12H,5-6H2,1-4H3,(H,14,18). The molecule has 1 unspecified atom stereocenters. The van der Waals surface area contributed by atoms with Crippen molar-refractivity contribution >= 4 is 11.8 Å². The fraction of sp³-hybridized carbons (Fsp3) is 0.615. The van der Waals surface area contributed by atoms with Gasteiger partial charge in [-0.05, 0) is 19.8 Å². The van der Waals surface area contributed by atoms with Crippen molar-refractivity contribution in [2.24, 2.45) is 5.92 Å². The zero-order chi connectivity index (χ0) is 14.2. The number of carbonyl (C=O) groups is 2. The van der Waals surface area contributed by atoms with Crippen molar-refractivity contribution in [1.29, 1.82) is 0 Å². The summed E-state index contributed by atoms with van der Waals surface area (Å²) in [5.41, 5.74) is 1.65. The predicted octanol–water partition coefficient (Wildman–Crippen LogP) is 0.774. The Balaban J connectivity index is 2.29. The summed E-state index contributed by atoms with van der Waals surface area (Å²) >= 11 is 0. The average Bonchev–Trinajstić information content (AvgIpc) is 2.65. The number of amides is 2. The van der Waals surface area contributed by atoms with Gasteiger partial charge in [0.2, 0.25) is 11.8 Å². The zero-order valence-corrected chi connectivity index (χ0v) is 11.7. The van der Waals surface area contributed by atoms with E-state index in [9.17, 15) is 9.59 Å². The third-order valence-corrected chi connectivity index (χ3v) is 3.48. The smallest absolute Gasteiger partial charge is 0.243 e. The van der Waals surface area contributed by atoms with Crippen molar-refractivity contribution in [3.8, 4) is 0 Å². The molecule has 1 saturated heterocycles. The van der Waals surface area contributed by atoms with Crippen molar-refractivity contribution in [1.82, 2.24) is 15.4 Å². The topological polar surface area (TPSA) is 75.4 Å². The highest BCUT2D eigenvalue weighted by atomic mass is 16.5. The second-order valence-electron chi connectivity index (χ2n) is 5.23. The van der Waals surface area contributed by atoms with Gasteiger partial charge in [-0.3, -0.25) is 9.59 Å². The Bertz CT molecular complexity index is 488. The molecule has 1 fully saturated rings. The van der Waals surface area contributed by atoms with Crippen LogP contribution < -0.4 is 5.32 Å². The maximum absolute atomic E-state index is 12.1. The highest BCUT2D eigenvalue weighted by molar-refractivity contribution is 5.94. The normalized spacial score (nSPS) is 20.1. The van der Waals surface area contributed by atoms with Crippen molar-refractivity contribution in [2.75, 3.05) is 6.54 Å². The molecule has 6 heteroatoms. The van der Waals surface area contributed by atoms with Gasteiger partial charge in [-0.2, -0.15) is 0 Å². The summed E-state index contributed by atoms with van der Waals surface area (Å²) in [6, 6.07) is -0.435. The summed E-state index contributed by atoms with van der Waals surface area (Å²) in [4.78, 5) is 25.6.